The normalized spacial score (nSPS) is 12.5. The minimum absolute atomic E-state index is 0.0876. The number of aromatic amines is 2. The van der Waals surface area contributed by atoms with Crippen LogP contribution in [0, 0.1) is 6.92 Å². The Hall–Kier alpha value is -3.87. The highest BCUT2D eigenvalue weighted by Gasteiger charge is 2.22. The number of aryl methyl sites for hydroxylation is 1. The molecule has 1 aromatic carbocycles. The molecule has 7 heteroatoms. The maximum atomic E-state index is 13.0. The fraction of sp³-hybridized carbons (Fsp3) is 0.136. The average Bonchev–Trinajstić information content (AvgIpc) is 3.35. The van der Waals surface area contributed by atoms with Gasteiger partial charge in [-0.15, -0.1) is 0 Å². The van der Waals surface area contributed by atoms with Gasteiger partial charge in [-0.3, -0.25) is 19.9 Å². The number of H-pyrrole nitrogens is 2. The summed E-state index contributed by atoms with van der Waals surface area (Å²) in [5, 5.41) is 8.44. The third-order valence-corrected chi connectivity index (χ3v) is 5.10. The molecule has 0 aliphatic heterocycles. The maximum Gasteiger partial charge on any atom is 0.206 e. The summed E-state index contributed by atoms with van der Waals surface area (Å²) >= 11 is 0. The molecule has 4 heterocycles. The van der Waals surface area contributed by atoms with Crippen LogP contribution in [-0.2, 0) is 0 Å². The van der Waals surface area contributed by atoms with Crippen molar-refractivity contribution in [2.75, 3.05) is 0 Å². The summed E-state index contributed by atoms with van der Waals surface area (Å²) in [6, 6.07) is 13.4. The van der Waals surface area contributed by atoms with Crippen LogP contribution in [0.2, 0.25) is 0 Å². The van der Waals surface area contributed by atoms with E-state index < -0.39 is 0 Å². The van der Waals surface area contributed by atoms with Gasteiger partial charge in [0, 0.05) is 29.0 Å². The molecule has 0 bridgehead atoms. The topological polar surface area (TPSA) is 100 Å². The van der Waals surface area contributed by atoms with Gasteiger partial charge in [0.25, 0.3) is 0 Å². The van der Waals surface area contributed by atoms with Crippen LogP contribution in [0.1, 0.15) is 34.8 Å². The molecule has 7 nitrogen and oxygen atoms in total. The Kier molecular flexibility index (Phi) is 3.94. The Morgan fingerprint density at radius 2 is 1.86 bits per heavy atom. The second kappa shape index (κ2) is 6.63. The standard InChI is InChI=1S/C22H18N6O/c1-12-4-3-5-16(24-12)13(2)21(29)22-25-18-10-15-17(11-19(18)26-22)27-28-20(15)14-6-8-23-9-7-14/h3-11,13H,1-2H3,(H,25,26)(H,27,28)/t13-/m0/s1. The summed E-state index contributed by atoms with van der Waals surface area (Å²) in [7, 11) is 0. The van der Waals surface area contributed by atoms with Gasteiger partial charge in [-0.1, -0.05) is 6.07 Å². The molecule has 142 valence electrons. The smallest absolute Gasteiger partial charge is 0.206 e. The number of fused-ring (bicyclic) bond motifs is 2. The average molecular weight is 382 g/mol. The van der Waals surface area contributed by atoms with Crippen LogP contribution in [-0.4, -0.2) is 35.9 Å². The van der Waals surface area contributed by atoms with Gasteiger partial charge in [0.15, 0.2) is 5.82 Å². The van der Waals surface area contributed by atoms with Crippen molar-refractivity contribution in [1.82, 2.24) is 30.1 Å². The van der Waals surface area contributed by atoms with Crippen LogP contribution >= 0.6 is 0 Å². The highest BCUT2D eigenvalue weighted by Crippen LogP contribution is 2.29. The molecule has 0 saturated heterocycles. The third-order valence-electron chi connectivity index (χ3n) is 5.10. The lowest BCUT2D eigenvalue weighted by Gasteiger charge is -2.08. The van der Waals surface area contributed by atoms with Crippen LogP contribution < -0.4 is 0 Å². The van der Waals surface area contributed by atoms with Crippen molar-refractivity contribution < 1.29 is 4.79 Å². The molecule has 0 spiro atoms. The Labute approximate surface area is 166 Å². The number of hydrogen-bond donors (Lipinski definition) is 2. The maximum absolute atomic E-state index is 13.0. The third kappa shape index (κ3) is 2.97. The molecule has 2 N–H and O–H groups in total. The Balaban J connectivity index is 1.56. The first kappa shape index (κ1) is 17.2. The molecule has 0 fully saturated rings. The molecule has 1 atom stereocenters. The Morgan fingerprint density at radius 1 is 1.03 bits per heavy atom. The number of nitrogens with one attached hydrogen (secondary N) is 2. The fourth-order valence-electron chi connectivity index (χ4n) is 3.51. The number of ketones is 1. The van der Waals surface area contributed by atoms with E-state index in [9.17, 15) is 4.79 Å². The summed E-state index contributed by atoms with van der Waals surface area (Å²) in [6.45, 7) is 3.77. The predicted octanol–water partition coefficient (Wildman–Crippen LogP) is 4.19. The summed E-state index contributed by atoms with van der Waals surface area (Å²) in [4.78, 5) is 29.2. The van der Waals surface area contributed by atoms with Crippen LogP contribution in [0.4, 0.5) is 0 Å². The van der Waals surface area contributed by atoms with Crippen molar-refractivity contribution in [3.8, 4) is 11.3 Å². The molecule has 0 aliphatic rings. The molecule has 0 unspecified atom stereocenters. The van der Waals surface area contributed by atoms with Crippen molar-refractivity contribution in [1.29, 1.82) is 0 Å². The van der Waals surface area contributed by atoms with E-state index in [1.165, 1.54) is 0 Å². The first-order valence-electron chi connectivity index (χ1n) is 9.36. The molecule has 0 saturated carbocycles. The lowest BCUT2D eigenvalue weighted by Crippen LogP contribution is -2.13. The fourth-order valence-corrected chi connectivity index (χ4v) is 3.51. The summed E-state index contributed by atoms with van der Waals surface area (Å²) in [5.41, 5.74) is 5.82. The first-order chi connectivity index (χ1) is 14.1. The number of Topliss-reactive ketones (excluding diaryl/α,β-unsaturated/α-hetero) is 1. The molecule has 5 aromatic rings. The predicted molar refractivity (Wildman–Crippen MR) is 111 cm³/mol. The second-order valence-electron chi connectivity index (χ2n) is 7.10. The summed E-state index contributed by atoms with van der Waals surface area (Å²) in [6.07, 6.45) is 3.47. The van der Waals surface area contributed by atoms with Crippen molar-refractivity contribution >= 4 is 27.7 Å². The number of aromatic nitrogens is 6. The number of rotatable bonds is 4. The van der Waals surface area contributed by atoms with Crippen LogP contribution in [0.5, 0.6) is 0 Å². The number of carbonyl (C=O) groups is 1. The SMILES string of the molecule is Cc1cccc([C@H](C)C(=O)c2nc3cc4c(-c5ccncc5)n[nH]c4cc3[nH]2)n1. The van der Waals surface area contributed by atoms with E-state index >= 15 is 0 Å². The zero-order valence-corrected chi connectivity index (χ0v) is 16.0. The minimum Gasteiger partial charge on any atom is -0.335 e. The Bertz CT molecular complexity index is 1350. The van der Waals surface area contributed by atoms with Crippen LogP contribution in [0.15, 0.2) is 54.9 Å². The molecule has 5 rings (SSSR count). The highest BCUT2D eigenvalue weighted by molar-refractivity contribution is 6.04. The molecular weight excluding hydrogens is 364 g/mol. The highest BCUT2D eigenvalue weighted by atomic mass is 16.1. The molecule has 0 radical (unpaired) electrons. The van der Waals surface area contributed by atoms with Crippen molar-refractivity contribution in [3.63, 3.8) is 0 Å². The van der Waals surface area contributed by atoms with Crippen molar-refractivity contribution in [2.45, 2.75) is 19.8 Å². The van der Waals surface area contributed by atoms with E-state index in [-0.39, 0.29) is 11.7 Å². The van der Waals surface area contributed by atoms with Crippen LogP contribution in [0.25, 0.3) is 33.2 Å². The largest absolute Gasteiger partial charge is 0.335 e. The van der Waals surface area contributed by atoms with E-state index in [0.29, 0.717) is 5.82 Å². The number of nitrogens with zero attached hydrogens (tertiary/aromatic N) is 4. The van der Waals surface area contributed by atoms with Crippen molar-refractivity contribution in [3.05, 3.63) is 72.1 Å². The summed E-state index contributed by atoms with van der Waals surface area (Å²) in [5.74, 6) is -0.133. The molecule has 0 amide bonds. The Morgan fingerprint density at radius 3 is 2.66 bits per heavy atom. The number of benzene rings is 1. The van der Waals surface area contributed by atoms with Gasteiger partial charge in [-0.2, -0.15) is 5.10 Å². The van der Waals surface area contributed by atoms with E-state index in [4.69, 9.17) is 0 Å². The van der Waals surface area contributed by atoms with Gasteiger partial charge < -0.3 is 4.98 Å². The van der Waals surface area contributed by atoms with E-state index in [2.05, 4.69) is 30.1 Å². The lowest BCUT2D eigenvalue weighted by atomic mass is 10.0. The van der Waals surface area contributed by atoms with E-state index in [0.717, 1.165) is 44.6 Å². The van der Waals surface area contributed by atoms with Gasteiger partial charge >= 0.3 is 0 Å². The quantitative estimate of drug-likeness (QED) is 0.454. The molecular formula is C22H18N6O. The van der Waals surface area contributed by atoms with E-state index in [1.807, 2.05) is 56.3 Å². The van der Waals surface area contributed by atoms with Gasteiger partial charge in [0.2, 0.25) is 5.78 Å². The van der Waals surface area contributed by atoms with Crippen molar-refractivity contribution in [2.24, 2.45) is 0 Å². The van der Waals surface area contributed by atoms with E-state index in [1.54, 1.807) is 12.4 Å². The number of imidazole rings is 1. The molecule has 0 aliphatic carbocycles. The summed E-state index contributed by atoms with van der Waals surface area (Å²) < 4.78 is 0. The van der Waals surface area contributed by atoms with Crippen LogP contribution in [0.3, 0.4) is 0 Å². The van der Waals surface area contributed by atoms with Gasteiger partial charge in [-0.25, -0.2) is 4.98 Å². The lowest BCUT2D eigenvalue weighted by molar-refractivity contribution is 0.0955. The molecule has 29 heavy (non-hydrogen) atoms. The number of pyridine rings is 2. The number of hydrogen-bond acceptors (Lipinski definition) is 5. The minimum atomic E-state index is -0.380. The van der Waals surface area contributed by atoms with Gasteiger partial charge in [0.1, 0.15) is 5.69 Å². The first-order valence-corrected chi connectivity index (χ1v) is 9.36. The molecule has 4 aromatic heterocycles. The second-order valence-corrected chi connectivity index (χ2v) is 7.10. The zero-order chi connectivity index (χ0) is 20.0. The zero-order valence-electron chi connectivity index (χ0n) is 16.0. The van der Waals surface area contributed by atoms with Gasteiger partial charge in [-0.05, 0) is 50.2 Å². The number of carbonyl (C=O) groups excluding carboxylic acids is 1. The monoisotopic (exact) mass is 382 g/mol. The van der Waals surface area contributed by atoms with Gasteiger partial charge in [0.05, 0.1) is 28.2 Å².